The van der Waals surface area contributed by atoms with E-state index in [1.54, 1.807) is 30.3 Å². The second kappa shape index (κ2) is 10.8. The molecule has 212 valence electrons. The molecule has 0 bridgehead atoms. The van der Waals surface area contributed by atoms with Gasteiger partial charge in [0.2, 0.25) is 0 Å². The number of ether oxygens (including phenoxy) is 3. The number of fused-ring (bicyclic) bond motifs is 3. The molecule has 12 heteroatoms. The van der Waals surface area contributed by atoms with E-state index in [0.717, 1.165) is 17.7 Å². The first-order valence-corrected chi connectivity index (χ1v) is 12.8. The molecule has 41 heavy (non-hydrogen) atoms. The first-order valence-electron chi connectivity index (χ1n) is 12.0. The molecule has 5 aromatic rings. The molecule has 2 heterocycles. The second-order valence-electron chi connectivity index (χ2n) is 8.86. The summed E-state index contributed by atoms with van der Waals surface area (Å²) >= 11 is 0.565. The van der Waals surface area contributed by atoms with Crippen LogP contribution in [0.25, 0.3) is 21.9 Å². The van der Waals surface area contributed by atoms with Gasteiger partial charge in [-0.05, 0) is 42.0 Å². The summed E-state index contributed by atoms with van der Waals surface area (Å²) in [5.74, 6) is 0.501. The van der Waals surface area contributed by atoms with Gasteiger partial charge in [0.05, 0.1) is 39.0 Å². The molecule has 0 fully saturated rings. The van der Waals surface area contributed by atoms with Gasteiger partial charge in [-0.25, -0.2) is 4.79 Å². The van der Waals surface area contributed by atoms with E-state index in [4.69, 9.17) is 18.6 Å². The maximum atomic E-state index is 13.9. The van der Waals surface area contributed by atoms with Crippen molar-refractivity contribution < 1.29 is 36.9 Å². The zero-order chi connectivity index (χ0) is 29.5. The van der Waals surface area contributed by atoms with Crippen molar-refractivity contribution in [1.82, 2.24) is 4.57 Å². The van der Waals surface area contributed by atoms with Crippen LogP contribution in [0.1, 0.15) is 11.1 Å². The Morgan fingerprint density at radius 1 is 0.927 bits per heavy atom. The highest BCUT2D eigenvalue weighted by molar-refractivity contribution is 7.99. The summed E-state index contributed by atoms with van der Waals surface area (Å²) in [5.41, 5.74) is -1.80. The number of hydrogen-bond acceptors (Lipinski definition) is 8. The first-order chi connectivity index (χ1) is 19.5. The van der Waals surface area contributed by atoms with Crippen LogP contribution in [-0.4, -0.2) is 31.0 Å². The topological polar surface area (TPSA) is 100 Å². The lowest BCUT2D eigenvalue weighted by Crippen LogP contribution is -2.23. The number of hydrogen-bond donors (Lipinski definition) is 1. The summed E-state index contributed by atoms with van der Waals surface area (Å²) in [6.45, 7) is 0.0550. The number of methoxy groups -OCH3 is 3. The van der Waals surface area contributed by atoms with E-state index >= 15 is 0 Å². The minimum absolute atomic E-state index is 0.0209. The summed E-state index contributed by atoms with van der Waals surface area (Å²) in [7, 11) is 4.37. The lowest BCUT2D eigenvalue weighted by molar-refractivity contribution is -0.137. The lowest BCUT2D eigenvalue weighted by Gasteiger charge is -2.17. The highest BCUT2D eigenvalue weighted by atomic mass is 32.2. The number of aromatic hydroxyl groups is 1. The quantitative estimate of drug-likeness (QED) is 0.230. The lowest BCUT2D eigenvalue weighted by atomic mass is 10.1. The highest BCUT2D eigenvalue weighted by Gasteiger charge is 2.31. The van der Waals surface area contributed by atoms with Crippen molar-refractivity contribution in [2.45, 2.75) is 22.5 Å². The van der Waals surface area contributed by atoms with Gasteiger partial charge in [0, 0.05) is 16.3 Å². The van der Waals surface area contributed by atoms with Crippen molar-refractivity contribution in [3.05, 3.63) is 92.6 Å². The number of benzene rings is 3. The maximum absolute atomic E-state index is 13.9. The number of nitrogens with zero attached hydrogens (tertiary/aromatic N) is 1. The minimum Gasteiger partial charge on any atom is -0.505 e. The standard InChI is InChI=1S/C29H22F3NO7S/c1-37-17-9-7-15(8-10-17)14-33-20-13-22(39-3)21(38-2)12-19(20)25-23(27(33)35)24(34)26(28(36)40-25)41-18-6-4-5-16(11-18)29(30,31)32/h4-13,34H,14H2,1-3H3. The molecule has 0 radical (unpaired) electrons. The maximum Gasteiger partial charge on any atom is 0.416 e. The fourth-order valence-electron chi connectivity index (χ4n) is 4.43. The average molecular weight is 586 g/mol. The van der Waals surface area contributed by atoms with Crippen LogP contribution in [-0.2, 0) is 12.7 Å². The van der Waals surface area contributed by atoms with E-state index in [9.17, 15) is 27.9 Å². The average Bonchev–Trinajstić information content (AvgIpc) is 2.96. The van der Waals surface area contributed by atoms with Gasteiger partial charge < -0.3 is 28.3 Å². The van der Waals surface area contributed by atoms with E-state index in [1.165, 1.54) is 44.1 Å². The Morgan fingerprint density at radius 2 is 1.61 bits per heavy atom. The van der Waals surface area contributed by atoms with Crippen LogP contribution in [0.15, 0.2) is 84.5 Å². The summed E-state index contributed by atoms with van der Waals surface area (Å²) in [5, 5.41) is 11.2. The van der Waals surface area contributed by atoms with Gasteiger partial charge in [-0.2, -0.15) is 13.2 Å². The molecule has 0 saturated heterocycles. The van der Waals surface area contributed by atoms with E-state index in [0.29, 0.717) is 28.8 Å². The zero-order valence-corrected chi connectivity index (χ0v) is 22.7. The van der Waals surface area contributed by atoms with Gasteiger partial charge in [0.15, 0.2) is 22.8 Å². The molecule has 1 N–H and O–H groups in total. The number of aromatic nitrogens is 1. The van der Waals surface area contributed by atoms with Crippen molar-refractivity contribution in [2.75, 3.05) is 21.3 Å². The minimum atomic E-state index is -4.61. The predicted molar refractivity (Wildman–Crippen MR) is 147 cm³/mol. The number of alkyl halides is 3. The predicted octanol–water partition coefficient (Wildman–Crippen LogP) is 6.06. The molecule has 0 saturated carbocycles. The van der Waals surface area contributed by atoms with Crippen LogP contribution < -0.4 is 25.4 Å². The first kappa shape index (κ1) is 28.0. The van der Waals surface area contributed by atoms with E-state index in [-0.39, 0.29) is 33.5 Å². The van der Waals surface area contributed by atoms with Gasteiger partial charge in [0.25, 0.3) is 5.56 Å². The second-order valence-corrected chi connectivity index (χ2v) is 9.95. The smallest absolute Gasteiger partial charge is 0.416 e. The molecule has 0 atom stereocenters. The number of halogens is 3. The summed E-state index contributed by atoms with van der Waals surface area (Å²) in [4.78, 5) is 26.6. The molecule has 0 amide bonds. The van der Waals surface area contributed by atoms with E-state index in [1.807, 2.05) is 0 Å². The van der Waals surface area contributed by atoms with Crippen LogP contribution in [0.5, 0.6) is 23.0 Å². The number of pyridine rings is 1. The van der Waals surface area contributed by atoms with Crippen molar-refractivity contribution >= 4 is 33.6 Å². The van der Waals surface area contributed by atoms with Gasteiger partial charge in [0.1, 0.15) is 16.0 Å². The molecule has 0 aliphatic rings. The Morgan fingerprint density at radius 3 is 2.24 bits per heavy atom. The Balaban J connectivity index is 1.77. The Labute approximate surface area is 234 Å². The van der Waals surface area contributed by atoms with Gasteiger partial charge >= 0.3 is 11.8 Å². The fourth-order valence-corrected chi connectivity index (χ4v) is 5.32. The third-order valence-corrected chi connectivity index (χ3v) is 7.49. The molecule has 8 nitrogen and oxygen atoms in total. The van der Waals surface area contributed by atoms with Crippen molar-refractivity contribution in [3.63, 3.8) is 0 Å². The molecule has 0 spiro atoms. The normalized spacial score (nSPS) is 11.7. The third-order valence-electron chi connectivity index (χ3n) is 6.44. The summed E-state index contributed by atoms with van der Waals surface area (Å²) in [6, 6.07) is 14.3. The van der Waals surface area contributed by atoms with Crippen molar-refractivity contribution in [1.29, 1.82) is 0 Å². The number of rotatable bonds is 7. The van der Waals surface area contributed by atoms with Crippen LogP contribution in [0.2, 0.25) is 0 Å². The van der Waals surface area contributed by atoms with Crippen LogP contribution in [0.3, 0.4) is 0 Å². The van der Waals surface area contributed by atoms with E-state index in [2.05, 4.69) is 0 Å². The van der Waals surface area contributed by atoms with Gasteiger partial charge in [-0.15, -0.1) is 0 Å². The molecular weight excluding hydrogens is 563 g/mol. The Hall–Kier alpha value is -4.58. The molecule has 3 aromatic carbocycles. The SMILES string of the molecule is COc1ccc(Cn2c(=O)c3c(O)c(Sc4cccc(C(F)(F)F)c4)c(=O)oc3c3cc(OC)c(OC)cc32)cc1. The molecule has 0 unspecified atom stereocenters. The van der Waals surface area contributed by atoms with Crippen LogP contribution >= 0.6 is 11.8 Å². The Bertz CT molecular complexity index is 1900. The molecular formula is C29H22F3NO7S. The monoisotopic (exact) mass is 585 g/mol. The molecule has 0 aliphatic carbocycles. The Kier molecular flexibility index (Phi) is 7.35. The van der Waals surface area contributed by atoms with E-state index < -0.39 is 33.6 Å². The fraction of sp³-hybridized carbons (Fsp3) is 0.172. The summed E-state index contributed by atoms with van der Waals surface area (Å²) in [6.07, 6.45) is -4.61. The van der Waals surface area contributed by atoms with Gasteiger partial charge in [-0.3, -0.25) is 4.79 Å². The largest absolute Gasteiger partial charge is 0.505 e. The van der Waals surface area contributed by atoms with Gasteiger partial charge in [-0.1, -0.05) is 30.0 Å². The molecule has 5 rings (SSSR count). The van der Waals surface area contributed by atoms with Crippen molar-refractivity contribution in [2.24, 2.45) is 0 Å². The van der Waals surface area contributed by atoms with Crippen molar-refractivity contribution in [3.8, 4) is 23.0 Å². The molecule has 2 aromatic heterocycles. The third kappa shape index (κ3) is 5.18. The molecule has 0 aliphatic heterocycles. The zero-order valence-electron chi connectivity index (χ0n) is 21.9. The highest BCUT2D eigenvalue weighted by Crippen LogP contribution is 2.41. The van der Waals surface area contributed by atoms with Crippen LogP contribution in [0.4, 0.5) is 13.2 Å². The summed E-state index contributed by atoms with van der Waals surface area (Å²) < 4.78 is 62.7. The van der Waals surface area contributed by atoms with Crippen LogP contribution in [0, 0.1) is 0 Å².